The quantitative estimate of drug-likeness (QED) is 0.365. The third-order valence-corrected chi connectivity index (χ3v) is 10.0. The molecule has 0 heterocycles. The van der Waals surface area contributed by atoms with Crippen molar-refractivity contribution in [1.29, 1.82) is 0 Å². The summed E-state index contributed by atoms with van der Waals surface area (Å²) >= 11 is 0. The monoisotopic (exact) mass is 412 g/mol. The van der Waals surface area contributed by atoms with Gasteiger partial charge in [-0.15, -0.1) is 6.42 Å². The topological polar surface area (TPSA) is 43.4 Å². The molecule has 3 saturated carbocycles. The van der Waals surface area contributed by atoms with Gasteiger partial charge in [-0.25, -0.2) is 0 Å². The highest BCUT2D eigenvalue weighted by atomic mass is 28.4. The SMILES string of the molecule is C#C[C@]1(O[Si](C)(C)C)CC[C@H]2[C@@H]3CCC4=CC(=O)CC(C)[C@]4(C=O)[C@H]3CC[C@@]21C. The maximum absolute atomic E-state index is 12.6. The van der Waals surface area contributed by atoms with Gasteiger partial charge in [-0.2, -0.15) is 0 Å². The molecular weight excluding hydrogens is 376 g/mol. The van der Waals surface area contributed by atoms with E-state index in [0.29, 0.717) is 24.2 Å². The summed E-state index contributed by atoms with van der Waals surface area (Å²) in [5.41, 5.74) is 0.174. The minimum Gasteiger partial charge on any atom is -0.401 e. The van der Waals surface area contributed by atoms with Crippen molar-refractivity contribution in [3.05, 3.63) is 11.6 Å². The van der Waals surface area contributed by atoms with Crippen LogP contribution in [-0.2, 0) is 14.0 Å². The molecule has 3 fully saturated rings. The molecule has 0 bridgehead atoms. The maximum atomic E-state index is 12.6. The summed E-state index contributed by atoms with van der Waals surface area (Å²) in [4.78, 5) is 24.8. The van der Waals surface area contributed by atoms with Gasteiger partial charge in [0.2, 0.25) is 0 Å². The van der Waals surface area contributed by atoms with Crippen LogP contribution in [0.5, 0.6) is 0 Å². The Morgan fingerprint density at radius 1 is 1.21 bits per heavy atom. The van der Waals surface area contributed by atoms with Gasteiger partial charge in [-0.1, -0.05) is 25.3 Å². The molecule has 7 atom stereocenters. The Bertz CT molecular complexity index is 802. The zero-order chi connectivity index (χ0) is 21.2. The van der Waals surface area contributed by atoms with Gasteiger partial charge in [0.25, 0.3) is 0 Å². The van der Waals surface area contributed by atoms with E-state index in [1.54, 1.807) is 0 Å². The summed E-state index contributed by atoms with van der Waals surface area (Å²) in [5.74, 6) is 4.77. The first-order valence-corrected chi connectivity index (χ1v) is 14.8. The van der Waals surface area contributed by atoms with Crippen molar-refractivity contribution >= 4 is 20.4 Å². The van der Waals surface area contributed by atoms with Gasteiger partial charge in [0.05, 0.1) is 5.41 Å². The lowest BCUT2D eigenvalue weighted by Gasteiger charge is -2.60. The molecule has 4 heteroatoms. The molecule has 0 N–H and O–H groups in total. The van der Waals surface area contributed by atoms with E-state index in [-0.39, 0.29) is 17.1 Å². The number of hydrogen-bond acceptors (Lipinski definition) is 3. The third-order valence-electron chi connectivity index (χ3n) is 9.04. The molecular formula is C25H36O3Si. The van der Waals surface area contributed by atoms with Crippen molar-refractivity contribution in [3.63, 3.8) is 0 Å². The fourth-order valence-electron chi connectivity index (χ4n) is 7.90. The fourth-order valence-corrected chi connectivity index (χ4v) is 9.34. The molecule has 0 aromatic heterocycles. The number of ketones is 1. The molecule has 0 aromatic carbocycles. The van der Waals surface area contributed by atoms with Gasteiger partial charge in [0.15, 0.2) is 14.1 Å². The molecule has 0 aliphatic heterocycles. The first-order chi connectivity index (χ1) is 13.5. The molecule has 0 spiro atoms. The minimum atomic E-state index is -1.80. The Morgan fingerprint density at radius 3 is 2.52 bits per heavy atom. The second kappa shape index (κ2) is 6.66. The largest absolute Gasteiger partial charge is 0.401 e. The predicted octanol–water partition coefficient (Wildman–Crippen LogP) is 5.17. The summed E-state index contributed by atoms with van der Waals surface area (Å²) in [6.07, 6.45) is 15.7. The lowest BCUT2D eigenvalue weighted by atomic mass is 9.44. The molecule has 0 aromatic rings. The molecule has 29 heavy (non-hydrogen) atoms. The summed E-state index contributed by atoms with van der Waals surface area (Å²) in [6.45, 7) is 11.2. The minimum absolute atomic E-state index is 0.0256. The van der Waals surface area contributed by atoms with Crippen LogP contribution >= 0.6 is 0 Å². The smallest absolute Gasteiger partial charge is 0.185 e. The highest BCUT2D eigenvalue weighted by molar-refractivity contribution is 6.69. The van der Waals surface area contributed by atoms with E-state index in [1.165, 1.54) is 6.29 Å². The summed E-state index contributed by atoms with van der Waals surface area (Å²) in [5, 5.41) is 0. The third kappa shape index (κ3) is 2.80. The van der Waals surface area contributed by atoms with Crippen LogP contribution in [0.3, 0.4) is 0 Å². The number of fused-ring (bicyclic) bond motifs is 5. The lowest BCUT2D eigenvalue weighted by Crippen LogP contribution is -2.59. The van der Waals surface area contributed by atoms with Gasteiger partial charge >= 0.3 is 0 Å². The standard InChI is InChI=1S/C25H36O3Si/c1-7-24(28-29(4,5)6)13-11-21-20-9-8-18-15-19(27)14-17(2)25(18,16-26)22(20)10-12-23(21,24)3/h1,15-17,20-22H,8-14H2,2-6H3/t17?,20-,21-,22-,23-,24-,25-/m0/s1. The number of aldehydes is 1. The van der Waals surface area contributed by atoms with Gasteiger partial charge in [-0.05, 0) is 87.9 Å². The van der Waals surface area contributed by atoms with E-state index in [4.69, 9.17) is 10.8 Å². The van der Waals surface area contributed by atoms with Crippen LogP contribution in [0.25, 0.3) is 0 Å². The average molecular weight is 413 g/mol. The van der Waals surface area contributed by atoms with Crippen LogP contribution in [0.2, 0.25) is 19.6 Å². The van der Waals surface area contributed by atoms with Crippen molar-refractivity contribution in [2.45, 2.75) is 84.0 Å². The van der Waals surface area contributed by atoms with Crippen molar-refractivity contribution in [3.8, 4) is 12.3 Å². The van der Waals surface area contributed by atoms with Crippen LogP contribution < -0.4 is 0 Å². The summed E-state index contributed by atoms with van der Waals surface area (Å²) < 4.78 is 6.76. The van der Waals surface area contributed by atoms with Gasteiger partial charge in [0, 0.05) is 11.8 Å². The molecule has 0 radical (unpaired) electrons. The van der Waals surface area contributed by atoms with Gasteiger partial charge in [-0.3, -0.25) is 4.79 Å². The normalized spacial score (nSPS) is 46.8. The molecule has 4 rings (SSSR count). The molecule has 4 aliphatic carbocycles. The van der Waals surface area contributed by atoms with E-state index < -0.39 is 19.3 Å². The number of rotatable bonds is 3. The van der Waals surface area contributed by atoms with Gasteiger partial charge in [0.1, 0.15) is 11.9 Å². The van der Waals surface area contributed by atoms with Crippen LogP contribution in [0.15, 0.2) is 11.6 Å². The van der Waals surface area contributed by atoms with Crippen molar-refractivity contribution in [2.24, 2.45) is 34.5 Å². The zero-order valence-electron chi connectivity index (χ0n) is 18.7. The van der Waals surface area contributed by atoms with Gasteiger partial charge < -0.3 is 9.22 Å². The van der Waals surface area contributed by atoms with Crippen molar-refractivity contribution in [1.82, 2.24) is 0 Å². The lowest BCUT2D eigenvalue weighted by molar-refractivity contribution is -0.138. The van der Waals surface area contributed by atoms with E-state index >= 15 is 0 Å². The molecule has 0 saturated heterocycles. The number of terminal acetylenes is 1. The van der Waals surface area contributed by atoms with E-state index in [9.17, 15) is 9.59 Å². The zero-order valence-corrected chi connectivity index (χ0v) is 19.7. The molecule has 0 amide bonds. The maximum Gasteiger partial charge on any atom is 0.185 e. The Labute approximate surface area is 177 Å². The van der Waals surface area contributed by atoms with Crippen LogP contribution in [-0.4, -0.2) is 26.0 Å². The average Bonchev–Trinajstić information content (AvgIpc) is 2.92. The summed E-state index contributed by atoms with van der Waals surface area (Å²) in [7, 11) is -1.80. The van der Waals surface area contributed by atoms with E-state index in [0.717, 1.165) is 44.1 Å². The summed E-state index contributed by atoms with van der Waals surface area (Å²) in [6, 6.07) is 0. The second-order valence-electron chi connectivity index (χ2n) is 11.4. The Kier molecular flexibility index (Phi) is 4.84. The molecule has 1 unspecified atom stereocenters. The predicted molar refractivity (Wildman–Crippen MR) is 118 cm³/mol. The van der Waals surface area contributed by atoms with Crippen LogP contribution in [0.4, 0.5) is 0 Å². The molecule has 4 aliphatic rings. The van der Waals surface area contributed by atoms with Crippen molar-refractivity contribution in [2.75, 3.05) is 0 Å². The van der Waals surface area contributed by atoms with Crippen LogP contribution in [0, 0.1) is 46.8 Å². The molecule has 3 nitrogen and oxygen atoms in total. The molecule has 158 valence electrons. The fraction of sp³-hybridized carbons (Fsp3) is 0.760. The van der Waals surface area contributed by atoms with E-state index in [1.807, 2.05) is 6.08 Å². The number of carbonyl (C=O) groups excluding carboxylic acids is 2. The van der Waals surface area contributed by atoms with Crippen molar-refractivity contribution < 1.29 is 14.0 Å². The Morgan fingerprint density at radius 2 is 1.90 bits per heavy atom. The highest BCUT2D eigenvalue weighted by Gasteiger charge is 2.66. The first kappa shape index (κ1) is 21.1. The number of carbonyl (C=O) groups is 2. The number of hydrogen-bond donors (Lipinski definition) is 0. The van der Waals surface area contributed by atoms with Crippen LogP contribution in [0.1, 0.15) is 58.8 Å². The Hall–Kier alpha value is -1.18. The first-order valence-electron chi connectivity index (χ1n) is 11.4. The number of allylic oxidation sites excluding steroid dienone is 1. The second-order valence-corrected chi connectivity index (χ2v) is 15.8. The Balaban J connectivity index is 1.73. The van der Waals surface area contributed by atoms with E-state index in [2.05, 4.69) is 39.4 Å². The highest BCUT2D eigenvalue weighted by Crippen LogP contribution is 2.68.